The van der Waals surface area contributed by atoms with E-state index < -0.39 is 0 Å². The Bertz CT molecular complexity index is 265. The maximum atomic E-state index is 4.36. The van der Waals surface area contributed by atoms with Crippen molar-refractivity contribution in [1.82, 2.24) is 10.3 Å². The first-order valence-electron chi connectivity index (χ1n) is 5.69. The molecule has 0 saturated carbocycles. The van der Waals surface area contributed by atoms with Gasteiger partial charge in [0.2, 0.25) is 0 Å². The molecule has 1 N–H and O–H groups in total. The molecule has 0 aliphatic carbocycles. The van der Waals surface area contributed by atoms with Gasteiger partial charge in [0.25, 0.3) is 0 Å². The third-order valence-corrected chi connectivity index (χ3v) is 3.94. The summed E-state index contributed by atoms with van der Waals surface area (Å²) in [5.41, 5.74) is 0. The van der Waals surface area contributed by atoms with Crippen LogP contribution >= 0.6 is 11.3 Å². The van der Waals surface area contributed by atoms with Crippen molar-refractivity contribution < 1.29 is 0 Å². The minimum atomic E-state index is 0.911. The van der Waals surface area contributed by atoms with Crippen LogP contribution in [0.1, 0.15) is 19.3 Å². The van der Waals surface area contributed by atoms with Crippen LogP contribution in [0.25, 0.3) is 0 Å². The molecular weight excluding hydrogens is 206 g/mol. The second-order valence-corrected chi connectivity index (χ2v) is 5.01. The zero-order chi connectivity index (χ0) is 10.5. The summed E-state index contributed by atoms with van der Waals surface area (Å²) >= 11 is 1.75. The summed E-state index contributed by atoms with van der Waals surface area (Å²) in [5, 5.41) is 6.48. The van der Waals surface area contributed by atoms with Gasteiger partial charge in [0, 0.05) is 24.7 Å². The van der Waals surface area contributed by atoms with Gasteiger partial charge in [0.05, 0.1) is 0 Å². The van der Waals surface area contributed by atoms with Gasteiger partial charge in [0.15, 0.2) is 5.13 Å². The van der Waals surface area contributed by atoms with E-state index in [9.17, 15) is 0 Å². The molecule has 4 heteroatoms. The monoisotopic (exact) mass is 225 g/mol. The Balaban J connectivity index is 1.77. The number of thiazole rings is 1. The summed E-state index contributed by atoms with van der Waals surface area (Å²) < 4.78 is 0. The number of hydrogen-bond acceptors (Lipinski definition) is 4. The highest BCUT2D eigenvalue weighted by Gasteiger charge is 2.19. The van der Waals surface area contributed by atoms with Gasteiger partial charge >= 0.3 is 0 Å². The van der Waals surface area contributed by atoms with Gasteiger partial charge < -0.3 is 10.2 Å². The van der Waals surface area contributed by atoms with Crippen LogP contribution < -0.4 is 10.2 Å². The normalized spacial score (nSPS) is 18.3. The van der Waals surface area contributed by atoms with Gasteiger partial charge in [-0.25, -0.2) is 4.98 Å². The van der Waals surface area contributed by atoms with Gasteiger partial charge in [-0.3, -0.25) is 0 Å². The number of hydrogen-bond donors (Lipinski definition) is 1. The molecule has 84 valence electrons. The zero-order valence-corrected chi connectivity index (χ0v) is 10.1. The van der Waals surface area contributed by atoms with E-state index in [4.69, 9.17) is 0 Å². The van der Waals surface area contributed by atoms with Crippen LogP contribution in [0.15, 0.2) is 11.6 Å². The van der Waals surface area contributed by atoms with E-state index in [1.807, 2.05) is 13.2 Å². The Morgan fingerprint density at radius 1 is 1.53 bits per heavy atom. The summed E-state index contributed by atoms with van der Waals surface area (Å²) in [4.78, 5) is 6.78. The molecule has 1 saturated heterocycles. The van der Waals surface area contributed by atoms with Crippen LogP contribution in [0, 0.1) is 5.92 Å². The second kappa shape index (κ2) is 5.47. The summed E-state index contributed by atoms with van der Waals surface area (Å²) in [5.74, 6) is 0.911. The van der Waals surface area contributed by atoms with Crippen LogP contribution in [-0.2, 0) is 0 Å². The first-order chi connectivity index (χ1) is 7.40. The highest BCUT2D eigenvalue weighted by atomic mass is 32.1. The molecule has 1 aromatic rings. The molecule has 15 heavy (non-hydrogen) atoms. The number of piperidine rings is 1. The lowest BCUT2D eigenvalue weighted by molar-refractivity contribution is 0.378. The predicted molar refractivity (Wildman–Crippen MR) is 65.6 cm³/mol. The fourth-order valence-electron chi connectivity index (χ4n) is 2.13. The summed E-state index contributed by atoms with van der Waals surface area (Å²) in [6.45, 7) is 3.52. The van der Waals surface area contributed by atoms with Gasteiger partial charge in [-0.1, -0.05) is 0 Å². The minimum absolute atomic E-state index is 0.911. The van der Waals surface area contributed by atoms with Crippen molar-refractivity contribution in [1.29, 1.82) is 0 Å². The minimum Gasteiger partial charge on any atom is -0.348 e. The fraction of sp³-hybridized carbons (Fsp3) is 0.727. The van der Waals surface area contributed by atoms with Gasteiger partial charge in [0.1, 0.15) is 0 Å². The van der Waals surface area contributed by atoms with Crippen molar-refractivity contribution in [3.05, 3.63) is 11.6 Å². The molecule has 1 aliphatic rings. The van der Waals surface area contributed by atoms with Crippen molar-refractivity contribution >= 4 is 16.5 Å². The van der Waals surface area contributed by atoms with E-state index in [0.717, 1.165) is 12.5 Å². The van der Waals surface area contributed by atoms with Crippen LogP contribution in [0.5, 0.6) is 0 Å². The Hall–Kier alpha value is -0.610. The van der Waals surface area contributed by atoms with E-state index >= 15 is 0 Å². The van der Waals surface area contributed by atoms with Gasteiger partial charge in [-0.15, -0.1) is 11.3 Å². The molecule has 1 aromatic heterocycles. The molecule has 0 spiro atoms. The lowest BCUT2D eigenvalue weighted by Gasteiger charge is -2.31. The summed E-state index contributed by atoms with van der Waals surface area (Å²) in [7, 11) is 2.03. The molecule has 0 radical (unpaired) electrons. The molecule has 0 atom stereocenters. The Morgan fingerprint density at radius 2 is 2.33 bits per heavy atom. The Labute approximate surface area is 95.5 Å². The van der Waals surface area contributed by atoms with E-state index in [1.165, 1.54) is 37.5 Å². The first kappa shape index (κ1) is 10.9. The number of nitrogens with zero attached hydrogens (tertiary/aromatic N) is 2. The third-order valence-electron chi connectivity index (χ3n) is 3.11. The smallest absolute Gasteiger partial charge is 0.185 e. The van der Waals surface area contributed by atoms with Crippen LogP contribution in [-0.4, -0.2) is 31.7 Å². The van der Waals surface area contributed by atoms with Crippen LogP contribution in [0.4, 0.5) is 5.13 Å². The molecule has 2 heterocycles. The van der Waals surface area contributed by atoms with Gasteiger partial charge in [-0.05, 0) is 38.8 Å². The van der Waals surface area contributed by atoms with E-state index in [2.05, 4.69) is 20.6 Å². The maximum Gasteiger partial charge on any atom is 0.185 e. The number of nitrogens with one attached hydrogen (secondary N) is 1. The van der Waals surface area contributed by atoms with Gasteiger partial charge in [-0.2, -0.15) is 0 Å². The molecule has 0 aromatic carbocycles. The lowest BCUT2D eigenvalue weighted by Crippen LogP contribution is -2.34. The molecule has 0 unspecified atom stereocenters. The number of anilines is 1. The average Bonchev–Trinajstić information content (AvgIpc) is 2.80. The van der Waals surface area contributed by atoms with Crippen LogP contribution in [0.3, 0.4) is 0 Å². The van der Waals surface area contributed by atoms with Crippen molar-refractivity contribution in [3.8, 4) is 0 Å². The maximum absolute atomic E-state index is 4.36. The van der Waals surface area contributed by atoms with Crippen molar-refractivity contribution in [2.75, 3.05) is 31.6 Å². The topological polar surface area (TPSA) is 28.2 Å². The molecular formula is C11H19N3S. The lowest BCUT2D eigenvalue weighted by atomic mass is 9.94. The number of rotatable bonds is 4. The largest absolute Gasteiger partial charge is 0.348 e. The van der Waals surface area contributed by atoms with Crippen molar-refractivity contribution in [2.24, 2.45) is 5.92 Å². The molecule has 1 aliphatic heterocycles. The first-order valence-corrected chi connectivity index (χ1v) is 6.57. The van der Waals surface area contributed by atoms with E-state index in [1.54, 1.807) is 11.3 Å². The van der Waals surface area contributed by atoms with Crippen molar-refractivity contribution in [2.45, 2.75) is 19.3 Å². The molecule has 1 fully saturated rings. The molecule has 0 bridgehead atoms. The zero-order valence-electron chi connectivity index (χ0n) is 9.28. The SMILES string of the molecule is CNCCC1CCN(c2nccs2)CC1. The Kier molecular flexibility index (Phi) is 3.97. The summed E-state index contributed by atoms with van der Waals surface area (Å²) in [6.07, 6.45) is 5.86. The molecule has 0 amide bonds. The standard InChI is InChI=1S/C11H19N3S/c1-12-5-2-10-3-7-14(8-4-10)11-13-6-9-15-11/h6,9-10,12H,2-5,7-8H2,1H3. The van der Waals surface area contributed by atoms with Crippen LogP contribution in [0.2, 0.25) is 0 Å². The van der Waals surface area contributed by atoms with E-state index in [0.29, 0.717) is 0 Å². The number of aromatic nitrogens is 1. The van der Waals surface area contributed by atoms with E-state index in [-0.39, 0.29) is 0 Å². The highest BCUT2D eigenvalue weighted by molar-refractivity contribution is 7.13. The third kappa shape index (κ3) is 2.92. The second-order valence-electron chi connectivity index (χ2n) is 4.14. The Morgan fingerprint density at radius 3 is 2.93 bits per heavy atom. The summed E-state index contributed by atoms with van der Waals surface area (Å²) in [6, 6.07) is 0. The predicted octanol–water partition coefficient (Wildman–Crippen LogP) is 1.97. The average molecular weight is 225 g/mol. The quantitative estimate of drug-likeness (QED) is 0.849. The molecule has 2 rings (SSSR count). The highest BCUT2D eigenvalue weighted by Crippen LogP contribution is 2.25. The molecule has 3 nitrogen and oxygen atoms in total. The fourth-order valence-corrected chi connectivity index (χ4v) is 2.83. The van der Waals surface area contributed by atoms with Crippen molar-refractivity contribution in [3.63, 3.8) is 0 Å².